The van der Waals surface area contributed by atoms with Crippen LogP contribution in [0.4, 0.5) is 0 Å². The van der Waals surface area contributed by atoms with Crippen LogP contribution in [0.2, 0.25) is 0 Å². The third-order valence-corrected chi connectivity index (χ3v) is 3.51. The van der Waals surface area contributed by atoms with Crippen LogP contribution in [0.15, 0.2) is 11.8 Å². The number of carbonyl (C=O) groups is 2. The molecule has 1 amide bonds. The average Bonchev–Trinajstić information content (AvgIpc) is 2.41. The first kappa shape index (κ1) is 15.1. The molecular formula is C12H17NO7. The van der Waals surface area contributed by atoms with Gasteiger partial charge in [-0.05, 0) is 6.92 Å². The van der Waals surface area contributed by atoms with E-state index in [0.717, 1.165) is 4.90 Å². The Morgan fingerprint density at radius 3 is 2.50 bits per heavy atom. The second-order valence-electron chi connectivity index (χ2n) is 4.93. The van der Waals surface area contributed by atoms with Gasteiger partial charge in [0.25, 0.3) is 0 Å². The minimum Gasteiger partial charge on any atom is -0.394 e. The molecule has 0 aliphatic carbocycles. The summed E-state index contributed by atoms with van der Waals surface area (Å²) in [5, 5.41) is 38.4. The van der Waals surface area contributed by atoms with Crippen LogP contribution >= 0.6 is 0 Å². The molecule has 0 aromatic rings. The third kappa shape index (κ3) is 2.48. The van der Waals surface area contributed by atoms with E-state index >= 15 is 0 Å². The fraction of sp³-hybridized carbons (Fsp3) is 0.667. The van der Waals surface area contributed by atoms with Gasteiger partial charge in [0.1, 0.15) is 24.4 Å². The highest BCUT2D eigenvalue weighted by Crippen LogP contribution is 2.26. The number of nitrogens with zero attached hydrogens (tertiary/aromatic N) is 1. The smallest absolute Gasteiger partial charge is 0.236 e. The fourth-order valence-corrected chi connectivity index (χ4v) is 2.25. The van der Waals surface area contributed by atoms with Gasteiger partial charge in [0.15, 0.2) is 12.0 Å². The van der Waals surface area contributed by atoms with Gasteiger partial charge in [0.2, 0.25) is 5.91 Å². The zero-order valence-electron chi connectivity index (χ0n) is 10.8. The fourth-order valence-electron chi connectivity index (χ4n) is 2.25. The summed E-state index contributed by atoms with van der Waals surface area (Å²) in [6.45, 7) is 0.941. The topological polar surface area (TPSA) is 128 Å². The van der Waals surface area contributed by atoms with Gasteiger partial charge < -0.3 is 25.2 Å². The van der Waals surface area contributed by atoms with E-state index in [1.54, 1.807) is 0 Å². The molecule has 1 fully saturated rings. The number of Topliss-reactive ketones (excluding diaryl/α,β-unsaturated/α-hetero) is 1. The molecule has 20 heavy (non-hydrogen) atoms. The molecule has 0 aromatic carbocycles. The van der Waals surface area contributed by atoms with Gasteiger partial charge >= 0.3 is 0 Å². The lowest BCUT2D eigenvalue weighted by Crippen LogP contribution is -2.63. The van der Waals surface area contributed by atoms with Crippen LogP contribution in [0.5, 0.6) is 0 Å². The molecule has 8 heteroatoms. The largest absolute Gasteiger partial charge is 0.394 e. The summed E-state index contributed by atoms with van der Waals surface area (Å²) in [7, 11) is 0. The monoisotopic (exact) mass is 287 g/mol. The van der Waals surface area contributed by atoms with Crippen molar-refractivity contribution < 1.29 is 34.8 Å². The minimum atomic E-state index is -1.56. The molecule has 2 heterocycles. The van der Waals surface area contributed by atoms with E-state index in [2.05, 4.69) is 0 Å². The van der Waals surface area contributed by atoms with Crippen molar-refractivity contribution in [1.82, 2.24) is 4.90 Å². The highest BCUT2D eigenvalue weighted by atomic mass is 16.6. The molecule has 5 atom stereocenters. The number of ether oxygens (including phenoxy) is 1. The summed E-state index contributed by atoms with van der Waals surface area (Å²) in [5.74, 6) is -0.902. The van der Waals surface area contributed by atoms with Crippen LogP contribution in [0.3, 0.4) is 0 Å². The highest BCUT2D eigenvalue weighted by molar-refractivity contribution is 6.09. The summed E-state index contributed by atoms with van der Waals surface area (Å²) in [6, 6.07) is 0. The summed E-state index contributed by atoms with van der Waals surface area (Å²) in [4.78, 5) is 24.3. The average molecular weight is 287 g/mol. The molecular weight excluding hydrogens is 270 g/mol. The Labute approximate surface area is 114 Å². The van der Waals surface area contributed by atoms with Crippen LogP contribution < -0.4 is 0 Å². The molecule has 0 aromatic heterocycles. The van der Waals surface area contributed by atoms with E-state index in [-0.39, 0.29) is 12.2 Å². The van der Waals surface area contributed by atoms with Crippen LogP contribution in [-0.4, -0.2) is 74.3 Å². The predicted octanol–water partition coefficient (Wildman–Crippen LogP) is -2.51. The first-order chi connectivity index (χ1) is 9.36. The standard InChI is InChI=1S/C12H17NO7/c1-5-3-13(8(16)2-6(5)15)12-11(19)10(18)9(17)7(4-14)20-12/h3,7,9-12,14,17-19H,2,4H2,1H3/t7?,9-,10-,11?,12+/m0/s1. The van der Waals surface area contributed by atoms with Gasteiger partial charge in [0, 0.05) is 11.8 Å². The molecule has 0 radical (unpaired) electrons. The van der Waals surface area contributed by atoms with E-state index < -0.39 is 43.2 Å². The second kappa shape index (κ2) is 5.58. The van der Waals surface area contributed by atoms with E-state index in [4.69, 9.17) is 9.84 Å². The van der Waals surface area contributed by atoms with E-state index in [0.29, 0.717) is 5.57 Å². The number of rotatable bonds is 2. The van der Waals surface area contributed by atoms with Gasteiger partial charge in [-0.1, -0.05) is 0 Å². The number of hydrogen-bond acceptors (Lipinski definition) is 7. The van der Waals surface area contributed by atoms with E-state index in [9.17, 15) is 24.9 Å². The zero-order chi connectivity index (χ0) is 15.0. The van der Waals surface area contributed by atoms with Gasteiger partial charge in [0.05, 0.1) is 13.0 Å². The molecule has 2 rings (SSSR count). The Morgan fingerprint density at radius 2 is 1.90 bits per heavy atom. The maximum Gasteiger partial charge on any atom is 0.236 e. The zero-order valence-corrected chi connectivity index (χ0v) is 10.8. The molecule has 2 aliphatic heterocycles. The van der Waals surface area contributed by atoms with Crippen LogP contribution in [0, 0.1) is 0 Å². The predicted molar refractivity (Wildman–Crippen MR) is 64.0 cm³/mol. The maximum absolute atomic E-state index is 11.8. The van der Waals surface area contributed by atoms with Gasteiger partial charge in [-0.15, -0.1) is 0 Å². The summed E-state index contributed by atoms with van der Waals surface area (Å²) < 4.78 is 5.26. The Bertz CT molecular complexity index is 447. The minimum absolute atomic E-state index is 0.321. The molecule has 8 nitrogen and oxygen atoms in total. The number of carbonyl (C=O) groups excluding carboxylic acids is 2. The summed E-state index contributed by atoms with van der Waals surface area (Å²) in [5.41, 5.74) is 0.321. The van der Waals surface area contributed by atoms with Crippen molar-refractivity contribution in [2.24, 2.45) is 0 Å². The normalized spacial score (nSPS) is 39.0. The maximum atomic E-state index is 11.8. The number of aliphatic hydroxyl groups is 4. The molecule has 1 saturated heterocycles. The summed E-state index contributed by atoms with van der Waals surface area (Å²) in [6.07, 6.45) is -6.08. The third-order valence-electron chi connectivity index (χ3n) is 3.51. The lowest BCUT2D eigenvalue weighted by atomic mass is 9.96. The quantitative estimate of drug-likeness (QED) is 0.413. The number of ketones is 1. The van der Waals surface area contributed by atoms with Gasteiger partial charge in [-0.3, -0.25) is 14.5 Å². The lowest BCUT2D eigenvalue weighted by molar-refractivity contribution is -0.256. The van der Waals surface area contributed by atoms with Gasteiger partial charge in [-0.25, -0.2) is 0 Å². The highest BCUT2D eigenvalue weighted by Gasteiger charge is 2.47. The Balaban J connectivity index is 2.27. The van der Waals surface area contributed by atoms with Crippen molar-refractivity contribution in [3.8, 4) is 0 Å². The Morgan fingerprint density at radius 1 is 1.25 bits per heavy atom. The van der Waals surface area contributed by atoms with Crippen molar-refractivity contribution in [2.75, 3.05) is 6.61 Å². The van der Waals surface area contributed by atoms with E-state index in [1.165, 1.54) is 13.1 Å². The molecule has 112 valence electrons. The molecule has 2 unspecified atom stereocenters. The Hall–Kier alpha value is -1.32. The SMILES string of the molecule is CC1=CN([C@@H]2OC(CO)[C@H](O)[C@H](O)C2O)C(=O)CC1=O. The van der Waals surface area contributed by atoms with Crippen LogP contribution in [0.25, 0.3) is 0 Å². The number of amides is 1. The van der Waals surface area contributed by atoms with E-state index in [1.807, 2.05) is 0 Å². The first-order valence-electron chi connectivity index (χ1n) is 6.20. The molecule has 4 N–H and O–H groups in total. The van der Waals surface area contributed by atoms with Crippen molar-refractivity contribution >= 4 is 11.7 Å². The van der Waals surface area contributed by atoms with Crippen molar-refractivity contribution in [1.29, 1.82) is 0 Å². The number of hydrogen-bond donors (Lipinski definition) is 4. The number of aliphatic hydroxyl groups excluding tert-OH is 4. The molecule has 0 spiro atoms. The summed E-state index contributed by atoms with van der Waals surface area (Å²) >= 11 is 0. The first-order valence-corrected chi connectivity index (χ1v) is 6.20. The van der Waals surface area contributed by atoms with Crippen molar-refractivity contribution in [2.45, 2.75) is 44.0 Å². The van der Waals surface area contributed by atoms with Crippen molar-refractivity contribution in [3.05, 3.63) is 11.8 Å². The second-order valence-corrected chi connectivity index (χ2v) is 4.93. The molecule has 0 bridgehead atoms. The van der Waals surface area contributed by atoms with Gasteiger partial charge in [-0.2, -0.15) is 0 Å². The molecule has 0 saturated carbocycles. The van der Waals surface area contributed by atoms with Crippen LogP contribution in [0.1, 0.15) is 13.3 Å². The Kier molecular flexibility index (Phi) is 4.21. The molecule has 2 aliphatic rings. The van der Waals surface area contributed by atoms with Crippen molar-refractivity contribution in [3.63, 3.8) is 0 Å². The lowest BCUT2D eigenvalue weighted by Gasteiger charge is -2.44. The van der Waals surface area contributed by atoms with Crippen LogP contribution in [-0.2, 0) is 14.3 Å². The number of allylic oxidation sites excluding steroid dienone is 1.